The van der Waals surface area contributed by atoms with Crippen LogP contribution in [0.5, 0.6) is 5.75 Å². The normalized spacial score (nSPS) is 10.8. The molecule has 7 heteroatoms. The van der Waals surface area contributed by atoms with Crippen molar-refractivity contribution >= 4 is 34.2 Å². The maximum Gasteiger partial charge on any atom is 0.226 e. The van der Waals surface area contributed by atoms with Crippen molar-refractivity contribution < 1.29 is 9.53 Å². The van der Waals surface area contributed by atoms with Crippen LogP contribution in [0.1, 0.15) is 17.8 Å². The summed E-state index contributed by atoms with van der Waals surface area (Å²) in [4.78, 5) is 23.6. The number of carbonyl (C=O) groups excluding carboxylic acids is 1. The van der Waals surface area contributed by atoms with Crippen LogP contribution < -0.4 is 10.1 Å². The van der Waals surface area contributed by atoms with E-state index in [1.807, 2.05) is 23.6 Å². The molecule has 1 aromatic carbocycles. The second-order valence-electron chi connectivity index (χ2n) is 4.77. The van der Waals surface area contributed by atoms with Crippen molar-refractivity contribution in [1.82, 2.24) is 15.0 Å². The van der Waals surface area contributed by atoms with Gasteiger partial charge in [0, 0.05) is 18.0 Å². The summed E-state index contributed by atoms with van der Waals surface area (Å²) < 4.78 is 5.25. The minimum Gasteiger partial charge on any atom is -0.494 e. The number of carbonyl (C=O) groups is 1. The lowest BCUT2D eigenvalue weighted by molar-refractivity contribution is -0.116. The number of hydrogen-bond donors (Lipinski definition) is 2. The van der Waals surface area contributed by atoms with E-state index in [9.17, 15) is 4.79 Å². The number of para-hydroxylation sites is 1. The third-order valence-corrected chi connectivity index (χ3v) is 4.07. The fraction of sp³-hybridized carbons (Fsp3) is 0.267. The fourth-order valence-electron chi connectivity index (χ4n) is 2.20. The van der Waals surface area contributed by atoms with Gasteiger partial charge in [-0.3, -0.25) is 10.1 Å². The van der Waals surface area contributed by atoms with Gasteiger partial charge in [-0.15, -0.1) is 11.3 Å². The zero-order chi connectivity index (χ0) is 15.4. The molecule has 3 rings (SSSR count). The molecule has 0 spiro atoms. The summed E-state index contributed by atoms with van der Waals surface area (Å²) in [6.07, 6.45) is 3.80. The number of ether oxygens (including phenoxy) is 1. The number of fused-ring (bicyclic) bond motifs is 1. The van der Waals surface area contributed by atoms with Gasteiger partial charge < -0.3 is 9.72 Å². The lowest BCUT2D eigenvalue weighted by atomic mass is 10.2. The number of aromatic nitrogens is 3. The van der Waals surface area contributed by atoms with Gasteiger partial charge in [0.15, 0.2) is 0 Å². The fourth-order valence-corrected chi connectivity index (χ4v) is 2.86. The maximum absolute atomic E-state index is 12.0. The number of rotatable bonds is 6. The van der Waals surface area contributed by atoms with E-state index in [0.717, 1.165) is 23.4 Å². The number of hydrogen-bond acceptors (Lipinski definition) is 5. The van der Waals surface area contributed by atoms with E-state index >= 15 is 0 Å². The monoisotopic (exact) mass is 316 g/mol. The molecule has 0 aliphatic heterocycles. The molecule has 114 valence electrons. The van der Waals surface area contributed by atoms with E-state index in [1.54, 1.807) is 24.6 Å². The van der Waals surface area contributed by atoms with Crippen LogP contribution in [-0.4, -0.2) is 28.0 Å². The number of methoxy groups -OCH3 is 1. The highest BCUT2D eigenvalue weighted by Crippen LogP contribution is 2.24. The number of imidazole rings is 1. The molecule has 2 N–H and O–H groups in total. The van der Waals surface area contributed by atoms with Crippen molar-refractivity contribution in [1.29, 1.82) is 0 Å². The summed E-state index contributed by atoms with van der Waals surface area (Å²) in [5.74, 6) is 1.06. The van der Waals surface area contributed by atoms with Crippen molar-refractivity contribution in [3.05, 3.63) is 34.8 Å². The second-order valence-corrected chi connectivity index (χ2v) is 5.75. The predicted octanol–water partition coefficient (Wildman–Crippen LogP) is 2.99. The lowest BCUT2D eigenvalue weighted by Crippen LogP contribution is -2.12. The van der Waals surface area contributed by atoms with E-state index < -0.39 is 0 Å². The van der Waals surface area contributed by atoms with E-state index in [-0.39, 0.29) is 5.91 Å². The standard InChI is InChI=1S/C15H16N4O2S/c1-21-11-5-2-4-10-14(11)19-15(17-10)18-12(20)6-3-7-13-16-8-9-22-13/h2,4-5,8-9H,3,6-7H2,1H3,(H2,17,18,19,20). The quantitative estimate of drug-likeness (QED) is 0.732. The third kappa shape index (κ3) is 3.25. The number of nitrogens with zero attached hydrogens (tertiary/aromatic N) is 2. The molecular weight excluding hydrogens is 300 g/mol. The Hall–Kier alpha value is -2.41. The smallest absolute Gasteiger partial charge is 0.226 e. The number of aromatic amines is 1. The van der Waals surface area contributed by atoms with E-state index in [4.69, 9.17) is 4.74 Å². The Balaban J connectivity index is 1.59. The summed E-state index contributed by atoms with van der Waals surface area (Å²) >= 11 is 1.61. The van der Waals surface area contributed by atoms with Crippen LogP contribution in [0.4, 0.5) is 5.95 Å². The van der Waals surface area contributed by atoms with E-state index in [2.05, 4.69) is 20.3 Å². The highest BCUT2D eigenvalue weighted by atomic mass is 32.1. The second kappa shape index (κ2) is 6.57. The number of H-pyrrole nitrogens is 1. The molecule has 0 radical (unpaired) electrons. The summed E-state index contributed by atoms with van der Waals surface area (Å²) in [5.41, 5.74) is 1.54. The molecule has 0 saturated heterocycles. The summed E-state index contributed by atoms with van der Waals surface area (Å²) in [6, 6.07) is 5.60. The summed E-state index contributed by atoms with van der Waals surface area (Å²) in [5, 5.41) is 5.78. The van der Waals surface area contributed by atoms with Gasteiger partial charge in [0.1, 0.15) is 11.3 Å². The van der Waals surface area contributed by atoms with E-state index in [1.165, 1.54) is 0 Å². The molecule has 6 nitrogen and oxygen atoms in total. The highest BCUT2D eigenvalue weighted by molar-refractivity contribution is 7.09. The SMILES string of the molecule is COc1cccc2[nH]c(NC(=O)CCCc3nccs3)nc12. The van der Waals surface area contributed by atoms with Gasteiger partial charge >= 0.3 is 0 Å². The molecular formula is C15H16N4O2S. The zero-order valence-corrected chi connectivity index (χ0v) is 12.9. The average Bonchev–Trinajstić information content (AvgIpc) is 3.15. The van der Waals surface area contributed by atoms with Crippen LogP contribution in [0.25, 0.3) is 11.0 Å². The Kier molecular flexibility index (Phi) is 4.34. The number of anilines is 1. The Morgan fingerprint density at radius 2 is 2.36 bits per heavy atom. The van der Waals surface area contributed by atoms with Crippen LogP contribution in [0.3, 0.4) is 0 Å². The summed E-state index contributed by atoms with van der Waals surface area (Å²) in [6.45, 7) is 0. The Morgan fingerprint density at radius 1 is 1.45 bits per heavy atom. The predicted molar refractivity (Wildman–Crippen MR) is 86.3 cm³/mol. The first-order chi connectivity index (χ1) is 10.8. The van der Waals surface area contributed by atoms with Gasteiger partial charge in [-0.25, -0.2) is 9.97 Å². The van der Waals surface area contributed by atoms with Crippen LogP contribution >= 0.6 is 11.3 Å². The topological polar surface area (TPSA) is 79.9 Å². The summed E-state index contributed by atoms with van der Waals surface area (Å²) in [7, 11) is 1.60. The number of amides is 1. The Bertz CT molecular complexity index is 767. The number of thiazole rings is 1. The lowest BCUT2D eigenvalue weighted by Gasteiger charge is -2.00. The van der Waals surface area contributed by atoms with Gasteiger partial charge in [0.05, 0.1) is 17.6 Å². The van der Waals surface area contributed by atoms with Crippen LogP contribution in [0.2, 0.25) is 0 Å². The van der Waals surface area contributed by atoms with Gasteiger partial charge in [0.2, 0.25) is 11.9 Å². The van der Waals surface area contributed by atoms with Crippen LogP contribution in [0.15, 0.2) is 29.8 Å². The molecule has 22 heavy (non-hydrogen) atoms. The first-order valence-corrected chi connectivity index (χ1v) is 7.85. The molecule has 0 unspecified atom stereocenters. The van der Waals surface area contributed by atoms with Gasteiger partial charge in [-0.05, 0) is 25.0 Å². The minimum absolute atomic E-state index is 0.0606. The Morgan fingerprint density at radius 3 is 3.14 bits per heavy atom. The molecule has 0 aliphatic carbocycles. The minimum atomic E-state index is -0.0606. The molecule has 0 atom stereocenters. The van der Waals surface area contributed by atoms with Crippen LogP contribution in [-0.2, 0) is 11.2 Å². The molecule has 0 fully saturated rings. The van der Waals surface area contributed by atoms with Gasteiger partial charge in [0.25, 0.3) is 0 Å². The Labute approximate surface area is 131 Å². The molecule has 0 saturated carbocycles. The molecule has 0 bridgehead atoms. The van der Waals surface area contributed by atoms with Crippen molar-refractivity contribution in [2.24, 2.45) is 0 Å². The van der Waals surface area contributed by atoms with Crippen molar-refractivity contribution in [3.8, 4) is 5.75 Å². The van der Waals surface area contributed by atoms with Crippen molar-refractivity contribution in [3.63, 3.8) is 0 Å². The number of aryl methyl sites for hydroxylation is 1. The van der Waals surface area contributed by atoms with Crippen molar-refractivity contribution in [2.75, 3.05) is 12.4 Å². The highest BCUT2D eigenvalue weighted by Gasteiger charge is 2.10. The zero-order valence-electron chi connectivity index (χ0n) is 12.1. The first kappa shape index (κ1) is 14.5. The molecule has 3 aromatic rings. The average molecular weight is 316 g/mol. The largest absolute Gasteiger partial charge is 0.494 e. The first-order valence-electron chi connectivity index (χ1n) is 6.97. The van der Waals surface area contributed by atoms with Gasteiger partial charge in [-0.1, -0.05) is 6.07 Å². The third-order valence-electron chi connectivity index (χ3n) is 3.23. The molecule has 2 aromatic heterocycles. The maximum atomic E-state index is 12.0. The van der Waals surface area contributed by atoms with Crippen molar-refractivity contribution in [2.45, 2.75) is 19.3 Å². The number of nitrogens with one attached hydrogen (secondary N) is 2. The van der Waals surface area contributed by atoms with Gasteiger partial charge in [-0.2, -0.15) is 0 Å². The van der Waals surface area contributed by atoms with Crippen LogP contribution in [0, 0.1) is 0 Å². The number of benzene rings is 1. The molecule has 2 heterocycles. The molecule has 0 aliphatic rings. The van der Waals surface area contributed by atoms with E-state index in [0.29, 0.717) is 23.6 Å². The molecule has 1 amide bonds.